The molecule has 0 bridgehead atoms. The number of hydrogen-bond acceptors (Lipinski definition) is 5. The second kappa shape index (κ2) is 5.06. The number of aromatic nitrogens is 1. The van der Waals surface area contributed by atoms with Gasteiger partial charge in [0.05, 0.1) is 11.0 Å². The van der Waals surface area contributed by atoms with E-state index in [0.29, 0.717) is 6.07 Å². The predicted octanol–water partition coefficient (Wildman–Crippen LogP) is 3.03. The van der Waals surface area contributed by atoms with Crippen LogP contribution in [0.15, 0.2) is 10.7 Å². The maximum atomic E-state index is 12.0. The van der Waals surface area contributed by atoms with Crippen molar-refractivity contribution in [3.05, 3.63) is 26.5 Å². The predicted molar refractivity (Wildman–Crippen MR) is 55.5 cm³/mol. The van der Waals surface area contributed by atoms with E-state index >= 15 is 0 Å². The first kappa shape index (κ1) is 14.6. The van der Waals surface area contributed by atoms with Crippen LogP contribution in [0.1, 0.15) is 10.5 Å². The Kier molecular flexibility index (Phi) is 4.12. The Hall–Kier alpha value is -1.42. The van der Waals surface area contributed by atoms with Gasteiger partial charge in [0.15, 0.2) is 16.0 Å². The minimum Gasteiger partial charge on any atom is -0.403 e. The average Bonchev–Trinajstić information content (AvgIpc) is 2.17. The molecule has 18 heavy (non-hydrogen) atoms. The molecule has 0 fully saturated rings. The lowest BCUT2D eigenvalue weighted by atomic mass is 10.3. The molecule has 0 radical (unpaired) electrons. The van der Waals surface area contributed by atoms with Crippen LogP contribution in [0.2, 0.25) is 0 Å². The highest BCUT2D eigenvalue weighted by molar-refractivity contribution is 9.10. The summed E-state index contributed by atoms with van der Waals surface area (Å²) in [4.78, 5) is 23.6. The summed E-state index contributed by atoms with van der Waals surface area (Å²) in [5.41, 5.74) is -1.68. The van der Waals surface area contributed by atoms with Crippen LogP contribution in [0.5, 0.6) is 5.75 Å². The molecule has 0 saturated heterocycles. The summed E-state index contributed by atoms with van der Waals surface area (Å²) in [6, 6.07) is 0.403. The Morgan fingerprint density at radius 3 is 2.50 bits per heavy atom. The number of hydrogen-bond donors (Lipinski definition) is 0. The van der Waals surface area contributed by atoms with Gasteiger partial charge in [-0.25, -0.2) is 4.98 Å². The van der Waals surface area contributed by atoms with Crippen molar-refractivity contribution in [3.8, 4) is 5.75 Å². The van der Waals surface area contributed by atoms with Crippen LogP contribution < -0.4 is 4.74 Å². The number of alkyl halides is 3. The maximum Gasteiger partial charge on any atom is 0.573 e. The molecule has 0 aliphatic rings. The quantitative estimate of drug-likeness (QED) is 0.362. The number of nitrogens with zero attached hydrogens (tertiary/aromatic N) is 2. The third kappa shape index (κ3) is 3.53. The zero-order valence-corrected chi connectivity index (χ0v) is 10.3. The Morgan fingerprint density at radius 1 is 1.56 bits per heavy atom. The first-order valence-corrected chi connectivity index (χ1v) is 5.09. The van der Waals surface area contributed by atoms with Crippen LogP contribution in [0.4, 0.5) is 18.9 Å². The zero-order valence-electron chi connectivity index (χ0n) is 7.99. The van der Waals surface area contributed by atoms with Crippen molar-refractivity contribution >= 4 is 38.5 Å². The van der Waals surface area contributed by atoms with Crippen molar-refractivity contribution in [2.24, 2.45) is 0 Å². The van der Waals surface area contributed by atoms with E-state index < -0.39 is 38.3 Å². The summed E-state index contributed by atoms with van der Waals surface area (Å²) in [5.74, 6) is -1.14. The van der Waals surface area contributed by atoms with Crippen LogP contribution in [0, 0.1) is 10.1 Å². The molecule has 0 saturated carbocycles. The van der Waals surface area contributed by atoms with E-state index in [0.717, 1.165) is 0 Å². The Labute approximate surface area is 110 Å². The Bertz CT molecular complexity index is 522. The normalized spacial score (nSPS) is 11.2. The SMILES string of the molecule is O=C(Cl)c1nc(Br)c([N+](=O)[O-])cc1OC(F)(F)F. The van der Waals surface area contributed by atoms with Gasteiger partial charge in [0.1, 0.15) is 0 Å². The second-order valence-corrected chi connectivity index (χ2v) is 3.82. The summed E-state index contributed by atoms with van der Waals surface area (Å²) in [7, 11) is 0. The number of halogens is 5. The van der Waals surface area contributed by atoms with Crippen molar-refractivity contribution in [1.82, 2.24) is 4.98 Å². The summed E-state index contributed by atoms with van der Waals surface area (Å²) >= 11 is 7.63. The second-order valence-electron chi connectivity index (χ2n) is 2.72. The molecule has 0 atom stereocenters. The third-order valence-corrected chi connectivity index (χ3v) is 2.29. The standard InChI is InChI=1S/C7HBrClF3N2O4/c8-5-2(14(16)17)1-3(18-7(10,11)12)4(13-5)6(9)15/h1H. The Balaban J connectivity index is 3.40. The minimum atomic E-state index is -5.13. The fourth-order valence-electron chi connectivity index (χ4n) is 0.934. The number of rotatable bonds is 3. The summed E-state index contributed by atoms with van der Waals surface area (Å²) < 4.78 is 39.1. The first-order chi connectivity index (χ1) is 8.11. The van der Waals surface area contributed by atoms with E-state index in [9.17, 15) is 28.1 Å². The lowest BCUT2D eigenvalue weighted by Gasteiger charge is -2.10. The van der Waals surface area contributed by atoms with Crippen LogP contribution in [0.25, 0.3) is 0 Å². The van der Waals surface area contributed by atoms with E-state index in [-0.39, 0.29) is 0 Å². The molecule has 0 spiro atoms. The summed E-state index contributed by atoms with van der Waals surface area (Å²) in [6.45, 7) is 0. The topological polar surface area (TPSA) is 82.3 Å². The molecule has 6 nitrogen and oxygen atoms in total. The van der Waals surface area contributed by atoms with Gasteiger partial charge in [0.25, 0.3) is 5.24 Å². The lowest BCUT2D eigenvalue weighted by Crippen LogP contribution is -2.19. The van der Waals surface area contributed by atoms with E-state index in [1.807, 2.05) is 0 Å². The molecular formula is C7HBrClF3N2O4. The highest BCUT2D eigenvalue weighted by atomic mass is 79.9. The van der Waals surface area contributed by atoms with Crippen LogP contribution in [-0.2, 0) is 0 Å². The van der Waals surface area contributed by atoms with Gasteiger partial charge in [-0.3, -0.25) is 14.9 Å². The zero-order chi connectivity index (χ0) is 14.1. The van der Waals surface area contributed by atoms with Crippen LogP contribution in [0.3, 0.4) is 0 Å². The molecule has 0 aliphatic heterocycles. The molecule has 0 unspecified atom stereocenters. The molecule has 0 aromatic carbocycles. The van der Waals surface area contributed by atoms with Gasteiger partial charge in [-0.1, -0.05) is 0 Å². The van der Waals surface area contributed by atoms with E-state index in [2.05, 4.69) is 25.7 Å². The number of carbonyl (C=O) groups is 1. The molecule has 98 valence electrons. The highest BCUT2D eigenvalue weighted by Crippen LogP contribution is 2.33. The Morgan fingerprint density at radius 2 is 2.11 bits per heavy atom. The van der Waals surface area contributed by atoms with Crippen molar-refractivity contribution in [2.75, 3.05) is 0 Å². The van der Waals surface area contributed by atoms with Gasteiger partial charge >= 0.3 is 12.0 Å². The smallest absolute Gasteiger partial charge is 0.403 e. The number of carbonyl (C=O) groups excluding carboxylic acids is 1. The third-order valence-electron chi connectivity index (χ3n) is 1.53. The fourth-order valence-corrected chi connectivity index (χ4v) is 1.51. The molecule has 1 aromatic rings. The van der Waals surface area contributed by atoms with Gasteiger partial charge in [-0.2, -0.15) is 0 Å². The summed E-state index contributed by atoms with van der Waals surface area (Å²) in [5, 5.41) is 9.16. The van der Waals surface area contributed by atoms with E-state index in [1.165, 1.54) is 0 Å². The average molecular weight is 349 g/mol. The molecule has 0 N–H and O–H groups in total. The largest absolute Gasteiger partial charge is 0.573 e. The lowest BCUT2D eigenvalue weighted by molar-refractivity contribution is -0.386. The van der Waals surface area contributed by atoms with Crippen molar-refractivity contribution in [3.63, 3.8) is 0 Å². The van der Waals surface area contributed by atoms with Crippen molar-refractivity contribution < 1.29 is 27.6 Å². The highest BCUT2D eigenvalue weighted by Gasteiger charge is 2.35. The monoisotopic (exact) mass is 348 g/mol. The van der Waals surface area contributed by atoms with Crippen LogP contribution in [-0.4, -0.2) is 21.5 Å². The number of pyridine rings is 1. The molecular weight excluding hydrogens is 348 g/mol. The summed E-state index contributed by atoms with van der Waals surface area (Å²) in [6.07, 6.45) is -5.13. The molecule has 1 aromatic heterocycles. The maximum absolute atomic E-state index is 12.0. The van der Waals surface area contributed by atoms with Gasteiger partial charge in [0, 0.05) is 0 Å². The first-order valence-electron chi connectivity index (χ1n) is 3.92. The van der Waals surface area contributed by atoms with E-state index in [1.54, 1.807) is 0 Å². The minimum absolute atomic E-state index is 0.403. The van der Waals surface area contributed by atoms with E-state index in [4.69, 9.17) is 11.6 Å². The molecule has 0 amide bonds. The van der Waals surface area contributed by atoms with Crippen LogP contribution >= 0.6 is 27.5 Å². The number of ether oxygens (including phenoxy) is 1. The van der Waals surface area contributed by atoms with Crippen molar-refractivity contribution in [1.29, 1.82) is 0 Å². The van der Waals surface area contributed by atoms with Gasteiger partial charge in [-0.15, -0.1) is 13.2 Å². The van der Waals surface area contributed by atoms with Crippen molar-refractivity contribution in [2.45, 2.75) is 6.36 Å². The fraction of sp³-hybridized carbons (Fsp3) is 0.143. The number of nitro groups is 1. The molecule has 1 rings (SSSR count). The molecule has 11 heteroatoms. The van der Waals surface area contributed by atoms with Gasteiger partial charge < -0.3 is 4.74 Å². The van der Waals surface area contributed by atoms with Gasteiger partial charge in [0.2, 0.25) is 0 Å². The molecule has 1 heterocycles. The van der Waals surface area contributed by atoms with Gasteiger partial charge in [-0.05, 0) is 27.5 Å². The molecule has 0 aliphatic carbocycles.